The Morgan fingerprint density at radius 3 is 2.60 bits per heavy atom. The number of ether oxygens (including phenoxy) is 2. The van der Waals surface area contributed by atoms with Crippen molar-refractivity contribution < 1.29 is 14.6 Å². The molecule has 0 aromatic heterocycles. The Morgan fingerprint density at radius 2 is 2.10 bits per heavy atom. The molecule has 0 spiro atoms. The quantitative estimate of drug-likeness (QED) is 0.631. The topological polar surface area (TPSA) is 38.7 Å². The summed E-state index contributed by atoms with van der Waals surface area (Å²) >= 11 is 0. The molecule has 60 valence electrons. The van der Waals surface area contributed by atoms with Crippen LogP contribution in [0.15, 0.2) is 0 Å². The first-order valence-corrected chi connectivity index (χ1v) is 3.76. The van der Waals surface area contributed by atoms with Crippen LogP contribution in [0.5, 0.6) is 0 Å². The van der Waals surface area contributed by atoms with E-state index in [1.807, 2.05) is 6.92 Å². The zero-order valence-corrected chi connectivity index (χ0v) is 6.25. The van der Waals surface area contributed by atoms with Crippen LogP contribution in [0.3, 0.4) is 0 Å². The molecule has 0 unspecified atom stereocenters. The second-order valence-electron chi connectivity index (χ2n) is 2.47. The Bertz CT molecular complexity index is 88.9. The lowest BCUT2D eigenvalue weighted by atomic mass is 10.2. The Kier molecular flexibility index (Phi) is 3.12. The molecule has 0 aromatic carbocycles. The van der Waals surface area contributed by atoms with Gasteiger partial charge in [-0.2, -0.15) is 0 Å². The molecule has 0 radical (unpaired) electrons. The maximum atomic E-state index is 9.30. The Labute approximate surface area is 60.9 Å². The van der Waals surface area contributed by atoms with Crippen LogP contribution in [0.25, 0.3) is 0 Å². The van der Waals surface area contributed by atoms with Gasteiger partial charge in [0.05, 0.1) is 13.2 Å². The lowest BCUT2D eigenvalue weighted by Gasteiger charge is -2.14. The fourth-order valence-electron chi connectivity index (χ4n) is 1.03. The molecule has 1 N–H and O–H groups in total. The summed E-state index contributed by atoms with van der Waals surface area (Å²) in [7, 11) is 0. The van der Waals surface area contributed by atoms with E-state index in [2.05, 4.69) is 0 Å². The summed E-state index contributed by atoms with van der Waals surface area (Å²) in [6.45, 7) is 3.26. The van der Waals surface area contributed by atoms with Gasteiger partial charge in [-0.25, -0.2) is 0 Å². The van der Waals surface area contributed by atoms with Gasteiger partial charge >= 0.3 is 0 Å². The number of hydrogen-bond donors (Lipinski definition) is 1. The van der Waals surface area contributed by atoms with E-state index in [0.717, 1.165) is 12.8 Å². The summed E-state index contributed by atoms with van der Waals surface area (Å²) in [5, 5.41) is 9.30. The molecule has 1 aliphatic rings. The first-order chi connectivity index (χ1) is 4.84. The fraction of sp³-hybridized carbons (Fsp3) is 1.00. The highest BCUT2D eigenvalue weighted by molar-refractivity contribution is 4.62. The molecule has 0 aliphatic carbocycles. The second-order valence-corrected chi connectivity index (χ2v) is 2.47. The molecule has 0 amide bonds. The van der Waals surface area contributed by atoms with E-state index in [0.29, 0.717) is 13.2 Å². The third kappa shape index (κ3) is 1.94. The minimum absolute atomic E-state index is 0.361. The van der Waals surface area contributed by atoms with E-state index in [-0.39, 0.29) is 6.29 Å². The van der Waals surface area contributed by atoms with Gasteiger partial charge in [-0.05, 0) is 6.42 Å². The van der Waals surface area contributed by atoms with Crippen LogP contribution in [0.4, 0.5) is 0 Å². The Hall–Kier alpha value is -0.120. The average molecular weight is 146 g/mol. The molecule has 1 rings (SSSR count). The Balaban J connectivity index is 2.18. The Morgan fingerprint density at radius 1 is 1.50 bits per heavy atom. The van der Waals surface area contributed by atoms with Crippen LogP contribution in [-0.4, -0.2) is 30.7 Å². The van der Waals surface area contributed by atoms with Crippen LogP contribution < -0.4 is 0 Å². The molecule has 0 saturated carbocycles. The molecule has 10 heavy (non-hydrogen) atoms. The minimum atomic E-state index is -0.438. The first kappa shape index (κ1) is 7.98. The maximum Gasteiger partial charge on any atom is 0.183 e. The lowest BCUT2D eigenvalue weighted by molar-refractivity contribution is -0.122. The van der Waals surface area contributed by atoms with Gasteiger partial charge in [0, 0.05) is 0 Å². The summed E-state index contributed by atoms with van der Waals surface area (Å²) in [5.41, 5.74) is 0. The zero-order valence-electron chi connectivity index (χ0n) is 6.25. The molecule has 1 heterocycles. The van der Waals surface area contributed by atoms with E-state index in [1.165, 1.54) is 0 Å². The predicted molar refractivity (Wildman–Crippen MR) is 36.6 cm³/mol. The number of aliphatic hydroxyl groups is 1. The summed E-state index contributed by atoms with van der Waals surface area (Å²) in [5.74, 6) is 0. The van der Waals surface area contributed by atoms with Crippen molar-refractivity contribution in [2.24, 2.45) is 0 Å². The molecule has 1 atom stereocenters. The van der Waals surface area contributed by atoms with Gasteiger partial charge in [0.25, 0.3) is 0 Å². The third-order valence-electron chi connectivity index (χ3n) is 1.55. The van der Waals surface area contributed by atoms with Crippen molar-refractivity contribution in [1.29, 1.82) is 0 Å². The maximum absolute atomic E-state index is 9.30. The van der Waals surface area contributed by atoms with E-state index < -0.39 is 6.10 Å². The largest absolute Gasteiger partial charge is 0.388 e. The van der Waals surface area contributed by atoms with Gasteiger partial charge in [0.1, 0.15) is 6.10 Å². The third-order valence-corrected chi connectivity index (χ3v) is 1.55. The standard InChI is InChI=1S/C7H14O3/c1-2-3-6(8)7-9-4-5-10-7/h6-8H,2-5H2,1H3/t6-/m0/s1. The normalized spacial score (nSPS) is 23.4. The van der Waals surface area contributed by atoms with Gasteiger partial charge in [-0.1, -0.05) is 13.3 Å². The van der Waals surface area contributed by atoms with E-state index in [1.54, 1.807) is 0 Å². The van der Waals surface area contributed by atoms with Crippen molar-refractivity contribution >= 4 is 0 Å². The number of aliphatic hydroxyl groups excluding tert-OH is 1. The van der Waals surface area contributed by atoms with Gasteiger partial charge < -0.3 is 14.6 Å². The van der Waals surface area contributed by atoms with E-state index >= 15 is 0 Å². The molecular weight excluding hydrogens is 132 g/mol. The van der Waals surface area contributed by atoms with Crippen molar-refractivity contribution in [2.75, 3.05) is 13.2 Å². The highest BCUT2D eigenvalue weighted by atomic mass is 16.7. The molecule has 0 aromatic rings. The van der Waals surface area contributed by atoms with E-state index in [4.69, 9.17) is 9.47 Å². The van der Waals surface area contributed by atoms with E-state index in [9.17, 15) is 5.11 Å². The zero-order chi connectivity index (χ0) is 7.40. The smallest absolute Gasteiger partial charge is 0.183 e. The van der Waals surface area contributed by atoms with Crippen molar-refractivity contribution in [2.45, 2.75) is 32.2 Å². The molecule has 3 heteroatoms. The van der Waals surface area contributed by atoms with Gasteiger partial charge in [0.15, 0.2) is 6.29 Å². The highest BCUT2D eigenvalue weighted by Crippen LogP contribution is 2.11. The summed E-state index contributed by atoms with van der Waals surface area (Å²) in [6, 6.07) is 0. The lowest BCUT2D eigenvalue weighted by Crippen LogP contribution is -2.26. The first-order valence-electron chi connectivity index (χ1n) is 3.76. The number of rotatable bonds is 3. The summed E-state index contributed by atoms with van der Waals surface area (Å²) < 4.78 is 10.2. The van der Waals surface area contributed by atoms with Crippen molar-refractivity contribution in [1.82, 2.24) is 0 Å². The minimum Gasteiger partial charge on any atom is -0.388 e. The van der Waals surface area contributed by atoms with Crippen LogP contribution in [0, 0.1) is 0 Å². The summed E-state index contributed by atoms with van der Waals surface area (Å²) in [6.07, 6.45) is 0.919. The molecule has 0 bridgehead atoms. The van der Waals surface area contributed by atoms with Crippen molar-refractivity contribution in [3.05, 3.63) is 0 Å². The van der Waals surface area contributed by atoms with Gasteiger partial charge in [-0.15, -0.1) is 0 Å². The predicted octanol–water partition coefficient (Wildman–Crippen LogP) is 0.520. The monoisotopic (exact) mass is 146 g/mol. The fourth-order valence-corrected chi connectivity index (χ4v) is 1.03. The van der Waals surface area contributed by atoms with Gasteiger partial charge in [-0.3, -0.25) is 0 Å². The summed E-state index contributed by atoms with van der Waals surface area (Å²) in [4.78, 5) is 0. The van der Waals surface area contributed by atoms with Crippen LogP contribution in [0.1, 0.15) is 19.8 Å². The molecule has 1 fully saturated rings. The van der Waals surface area contributed by atoms with Crippen molar-refractivity contribution in [3.8, 4) is 0 Å². The van der Waals surface area contributed by atoms with Crippen molar-refractivity contribution in [3.63, 3.8) is 0 Å². The highest BCUT2D eigenvalue weighted by Gasteiger charge is 2.23. The molecule has 1 aliphatic heterocycles. The molecule has 1 saturated heterocycles. The molecular formula is C7H14O3. The SMILES string of the molecule is CCC[C@H](O)C1OCCO1. The van der Waals surface area contributed by atoms with Crippen LogP contribution >= 0.6 is 0 Å². The van der Waals surface area contributed by atoms with Gasteiger partial charge in [0.2, 0.25) is 0 Å². The number of hydrogen-bond acceptors (Lipinski definition) is 3. The second kappa shape index (κ2) is 3.91. The molecule has 3 nitrogen and oxygen atoms in total. The van der Waals surface area contributed by atoms with Crippen LogP contribution in [0.2, 0.25) is 0 Å². The average Bonchev–Trinajstić information content (AvgIpc) is 2.38. The van der Waals surface area contributed by atoms with Crippen LogP contribution in [-0.2, 0) is 9.47 Å².